The SMILES string of the molecule is COc1cccc(C2=NS(=O)(=O)N(C)C(C(=O)NCC34CC5CC(CC(C5)C3)C4)=C2)c1. The van der Waals surface area contributed by atoms with E-state index in [2.05, 4.69) is 9.71 Å². The number of nitrogens with one attached hydrogen (secondary N) is 1. The molecule has 0 unspecified atom stereocenters. The molecule has 0 radical (unpaired) electrons. The first-order chi connectivity index (χ1) is 14.8. The minimum Gasteiger partial charge on any atom is -0.497 e. The van der Waals surface area contributed by atoms with Crippen molar-refractivity contribution in [3.05, 3.63) is 41.6 Å². The summed E-state index contributed by atoms with van der Waals surface area (Å²) < 4.78 is 35.4. The van der Waals surface area contributed by atoms with Crippen LogP contribution in [0.25, 0.3) is 0 Å². The van der Waals surface area contributed by atoms with Gasteiger partial charge in [0.15, 0.2) is 0 Å². The Morgan fingerprint density at radius 3 is 2.45 bits per heavy atom. The number of amides is 1. The highest BCUT2D eigenvalue weighted by atomic mass is 32.2. The van der Waals surface area contributed by atoms with Gasteiger partial charge in [0, 0.05) is 19.2 Å². The highest BCUT2D eigenvalue weighted by Gasteiger charge is 2.50. The van der Waals surface area contributed by atoms with Gasteiger partial charge in [-0.15, -0.1) is 4.40 Å². The first kappa shape index (κ1) is 20.5. The van der Waals surface area contributed by atoms with Gasteiger partial charge in [-0.25, -0.2) is 4.31 Å². The van der Waals surface area contributed by atoms with E-state index >= 15 is 0 Å². The maximum Gasteiger partial charge on any atom is 0.345 e. The van der Waals surface area contributed by atoms with Crippen LogP contribution in [0, 0.1) is 23.2 Å². The average Bonchev–Trinajstić information content (AvgIpc) is 2.73. The van der Waals surface area contributed by atoms with E-state index in [9.17, 15) is 13.2 Å². The molecule has 0 saturated heterocycles. The van der Waals surface area contributed by atoms with Crippen LogP contribution in [-0.2, 0) is 15.0 Å². The molecule has 4 bridgehead atoms. The van der Waals surface area contributed by atoms with Gasteiger partial charge >= 0.3 is 10.2 Å². The Labute approximate surface area is 183 Å². The number of rotatable bonds is 5. The third-order valence-corrected chi connectivity index (χ3v) is 8.88. The summed E-state index contributed by atoms with van der Waals surface area (Å²) in [7, 11) is -1.07. The molecule has 8 heteroatoms. The highest BCUT2D eigenvalue weighted by Crippen LogP contribution is 2.59. The summed E-state index contributed by atoms with van der Waals surface area (Å²) in [6.45, 7) is 0.617. The van der Waals surface area contributed by atoms with E-state index < -0.39 is 10.2 Å². The van der Waals surface area contributed by atoms with Crippen molar-refractivity contribution in [1.29, 1.82) is 0 Å². The fraction of sp³-hybridized carbons (Fsp3) is 0.565. The van der Waals surface area contributed by atoms with Gasteiger partial charge < -0.3 is 10.1 Å². The number of likely N-dealkylation sites (N-methyl/N-ethyl adjacent to an activating group) is 1. The van der Waals surface area contributed by atoms with Crippen LogP contribution in [0.5, 0.6) is 5.75 Å². The van der Waals surface area contributed by atoms with Crippen molar-refractivity contribution in [3.63, 3.8) is 0 Å². The number of nitrogens with zero attached hydrogens (tertiary/aromatic N) is 2. The molecule has 0 spiro atoms. The zero-order valence-corrected chi connectivity index (χ0v) is 18.8. The van der Waals surface area contributed by atoms with Crippen LogP contribution in [-0.4, -0.2) is 45.0 Å². The Bertz CT molecular complexity index is 1040. The molecule has 166 valence electrons. The quantitative estimate of drug-likeness (QED) is 0.758. The van der Waals surface area contributed by atoms with E-state index in [1.54, 1.807) is 37.5 Å². The van der Waals surface area contributed by atoms with Gasteiger partial charge in [-0.05, 0) is 79.9 Å². The Morgan fingerprint density at radius 2 is 1.84 bits per heavy atom. The lowest BCUT2D eigenvalue weighted by atomic mass is 9.49. The van der Waals surface area contributed by atoms with Crippen molar-refractivity contribution in [3.8, 4) is 5.75 Å². The van der Waals surface area contributed by atoms with Crippen LogP contribution in [0.3, 0.4) is 0 Å². The first-order valence-corrected chi connectivity index (χ1v) is 12.4. The van der Waals surface area contributed by atoms with E-state index in [4.69, 9.17) is 4.74 Å². The summed E-state index contributed by atoms with van der Waals surface area (Å²) in [5.74, 6) is 2.63. The second kappa shape index (κ2) is 7.36. The van der Waals surface area contributed by atoms with Crippen molar-refractivity contribution >= 4 is 21.8 Å². The number of carbonyl (C=O) groups is 1. The molecule has 1 heterocycles. The summed E-state index contributed by atoms with van der Waals surface area (Å²) in [4.78, 5) is 13.1. The summed E-state index contributed by atoms with van der Waals surface area (Å²) in [6, 6.07) is 7.00. The van der Waals surface area contributed by atoms with Crippen LogP contribution in [0.2, 0.25) is 0 Å². The third kappa shape index (κ3) is 3.75. The predicted molar refractivity (Wildman–Crippen MR) is 118 cm³/mol. The van der Waals surface area contributed by atoms with Crippen LogP contribution < -0.4 is 10.1 Å². The number of carbonyl (C=O) groups excluding carboxylic acids is 1. The van der Waals surface area contributed by atoms with E-state index in [0.29, 0.717) is 17.9 Å². The van der Waals surface area contributed by atoms with E-state index in [1.807, 2.05) is 0 Å². The molecule has 5 aliphatic rings. The van der Waals surface area contributed by atoms with Crippen molar-refractivity contribution in [2.75, 3.05) is 20.7 Å². The Balaban J connectivity index is 1.37. The molecule has 1 aromatic rings. The van der Waals surface area contributed by atoms with Crippen molar-refractivity contribution in [2.45, 2.75) is 38.5 Å². The fourth-order valence-corrected chi connectivity index (χ4v) is 7.46. The zero-order chi connectivity index (χ0) is 21.8. The maximum atomic E-state index is 13.1. The topological polar surface area (TPSA) is 88.1 Å². The summed E-state index contributed by atoms with van der Waals surface area (Å²) in [6.07, 6.45) is 9.14. The third-order valence-electron chi connectivity index (χ3n) is 7.56. The molecule has 7 nitrogen and oxygen atoms in total. The molecule has 4 aliphatic carbocycles. The molecular weight excluding hydrogens is 414 g/mol. The van der Waals surface area contributed by atoms with Crippen LogP contribution >= 0.6 is 0 Å². The zero-order valence-electron chi connectivity index (χ0n) is 18.0. The second-order valence-corrected chi connectivity index (χ2v) is 11.4. The van der Waals surface area contributed by atoms with Gasteiger partial charge in [0.2, 0.25) is 0 Å². The molecular formula is C23H29N3O4S. The summed E-state index contributed by atoms with van der Waals surface area (Å²) in [5, 5.41) is 3.08. The molecule has 4 saturated carbocycles. The summed E-state index contributed by atoms with van der Waals surface area (Å²) >= 11 is 0. The average molecular weight is 444 g/mol. The lowest BCUT2D eigenvalue weighted by Crippen LogP contribution is -2.52. The van der Waals surface area contributed by atoms with Crippen molar-refractivity contribution < 1.29 is 17.9 Å². The molecule has 1 aliphatic heterocycles. The van der Waals surface area contributed by atoms with Gasteiger partial charge in [0.05, 0.1) is 12.8 Å². The Morgan fingerprint density at radius 1 is 1.19 bits per heavy atom. The number of ether oxygens (including phenoxy) is 1. The molecule has 0 atom stereocenters. The first-order valence-electron chi connectivity index (χ1n) is 11.0. The number of hydrogen-bond acceptors (Lipinski definition) is 4. The monoisotopic (exact) mass is 443 g/mol. The van der Waals surface area contributed by atoms with Gasteiger partial charge in [0.1, 0.15) is 11.4 Å². The van der Waals surface area contributed by atoms with Crippen LogP contribution in [0.4, 0.5) is 0 Å². The number of allylic oxidation sites excluding steroid dienone is 1. The van der Waals surface area contributed by atoms with Gasteiger partial charge in [-0.2, -0.15) is 8.42 Å². The minimum atomic E-state index is -3.98. The van der Waals surface area contributed by atoms with E-state index in [-0.39, 0.29) is 22.7 Å². The maximum absolute atomic E-state index is 13.1. The standard InChI is InChI=1S/C23H29N3O4S/c1-26-21(10-20(25-31(26,28)29)18-4-3-5-19(9-18)30-2)22(27)24-14-23-11-15-6-16(12-23)8-17(7-15)13-23/h3-5,9-10,15-17H,6-8,11-14H2,1-2H3,(H,24,27). The normalized spacial score (nSPS) is 33.0. The van der Waals surface area contributed by atoms with Gasteiger partial charge in [-0.3, -0.25) is 4.79 Å². The molecule has 0 aromatic heterocycles. The molecule has 6 rings (SSSR count). The largest absolute Gasteiger partial charge is 0.497 e. The number of hydrogen-bond donors (Lipinski definition) is 1. The van der Waals surface area contributed by atoms with Gasteiger partial charge in [0.25, 0.3) is 5.91 Å². The fourth-order valence-electron chi connectivity index (χ4n) is 6.55. The minimum absolute atomic E-state index is 0.0950. The van der Waals surface area contributed by atoms with Crippen molar-refractivity contribution in [1.82, 2.24) is 9.62 Å². The summed E-state index contributed by atoms with van der Waals surface area (Å²) in [5.41, 5.74) is 1.10. The van der Waals surface area contributed by atoms with Crippen LogP contribution in [0.1, 0.15) is 44.1 Å². The number of methoxy groups -OCH3 is 1. The van der Waals surface area contributed by atoms with Crippen LogP contribution in [0.15, 0.2) is 40.4 Å². The predicted octanol–water partition coefficient (Wildman–Crippen LogP) is 2.89. The smallest absolute Gasteiger partial charge is 0.345 e. The van der Waals surface area contributed by atoms with E-state index in [1.165, 1.54) is 45.6 Å². The Hall–Kier alpha value is -2.35. The molecule has 1 N–H and O–H groups in total. The molecule has 31 heavy (non-hydrogen) atoms. The molecule has 1 aromatic carbocycles. The van der Waals surface area contributed by atoms with Gasteiger partial charge in [-0.1, -0.05) is 12.1 Å². The molecule has 1 amide bonds. The molecule has 4 fully saturated rings. The highest BCUT2D eigenvalue weighted by molar-refractivity contribution is 7.88. The lowest BCUT2D eigenvalue weighted by Gasteiger charge is -2.56. The lowest BCUT2D eigenvalue weighted by molar-refractivity contribution is -0.120. The second-order valence-electron chi connectivity index (χ2n) is 9.78. The Kier molecular flexibility index (Phi) is 4.88. The van der Waals surface area contributed by atoms with E-state index in [0.717, 1.165) is 22.1 Å². The van der Waals surface area contributed by atoms with Crippen molar-refractivity contribution in [2.24, 2.45) is 27.6 Å². The number of benzene rings is 1.